The third-order valence-electron chi connectivity index (χ3n) is 7.16. The zero-order valence-corrected chi connectivity index (χ0v) is 27.2. The average Bonchev–Trinajstić information content (AvgIpc) is 3.34. The Labute approximate surface area is 269 Å². The Balaban J connectivity index is 1.59. The Hall–Kier alpha value is -4.54. The molecule has 45 heavy (non-hydrogen) atoms. The molecule has 11 heteroatoms. The van der Waals surface area contributed by atoms with Crippen LogP contribution in [0.5, 0.6) is 23.0 Å². The van der Waals surface area contributed by atoms with Crippen LogP contribution in [0.15, 0.2) is 81.7 Å². The van der Waals surface area contributed by atoms with Crippen molar-refractivity contribution >= 4 is 35.0 Å². The van der Waals surface area contributed by atoms with E-state index < -0.39 is 12.0 Å². The van der Waals surface area contributed by atoms with Crippen molar-refractivity contribution in [2.75, 3.05) is 27.4 Å². The number of rotatable bonds is 11. The SMILES string of the molecule is CCOC(=O)C1=C(C)N=c2s/c(=C\c3ccc(OCc4ccccc4Cl)c(OCC)c3)c(=O)n2[C@@H]1c1ccc(OC)cc1OC. The van der Waals surface area contributed by atoms with Gasteiger partial charge in [-0.1, -0.05) is 47.2 Å². The molecule has 0 saturated heterocycles. The van der Waals surface area contributed by atoms with Crippen LogP contribution in [0.3, 0.4) is 0 Å². The highest BCUT2D eigenvalue weighted by molar-refractivity contribution is 7.07. The molecule has 0 N–H and O–H groups in total. The molecule has 0 fully saturated rings. The van der Waals surface area contributed by atoms with E-state index in [1.54, 1.807) is 51.3 Å². The number of methoxy groups -OCH3 is 2. The molecule has 0 bridgehead atoms. The number of carbonyl (C=O) groups excluding carboxylic acids is 1. The summed E-state index contributed by atoms with van der Waals surface area (Å²) in [5, 5.41) is 0.620. The summed E-state index contributed by atoms with van der Waals surface area (Å²) in [4.78, 5) is 32.5. The summed E-state index contributed by atoms with van der Waals surface area (Å²) in [6, 6.07) is 17.4. The molecule has 1 aromatic heterocycles. The molecular formula is C34H33ClN2O7S. The topological polar surface area (TPSA) is 97.6 Å². The zero-order chi connectivity index (χ0) is 32.1. The molecule has 0 radical (unpaired) electrons. The van der Waals surface area contributed by atoms with Crippen molar-refractivity contribution in [3.8, 4) is 23.0 Å². The van der Waals surface area contributed by atoms with E-state index in [2.05, 4.69) is 4.99 Å². The predicted molar refractivity (Wildman–Crippen MR) is 173 cm³/mol. The Morgan fingerprint density at radius 1 is 0.978 bits per heavy atom. The monoisotopic (exact) mass is 648 g/mol. The van der Waals surface area contributed by atoms with Gasteiger partial charge in [0, 0.05) is 22.2 Å². The molecule has 234 valence electrons. The summed E-state index contributed by atoms with van der Waals surface area (Å²) in [5.74, 6) is 1.57. The van der Waals surface area contributed by atoms with Crippen LogP contribution in [0, 0.1) is 0 Å². The van der Waals surface area contributed by atoms with Crippen LogP contribution in [-0.4, -0.2) is 38.0 Å². The number of thiazole rings is 1. The summed E-state index contributed by atoms with van der Waals surface area (Å²) in [5.41, 5.74) is 2.59. The molecule has 1 aliphatic heterocycles. The van der Waals surface area contributed by atoms with E-state index in [-0.39, 0.29) is 24.3 Å². The van der Waals surface area contributed by atoms with Gasteiger partial charge >= 0.3 is 5.97 Å². The smallest absolute Gasteiger partial charge is 0.338 e. The van der Waals surface area contributed by atoms with Crippen LogP contribution < -0.4 is 33.8 Å². The third kappa shape index (κ3) is 6.62. The van der Waals surface area contributed by atoms with Crippen molar-refractivity contribution in [2.24, 2.45) is 4.99 Å². The highest BCUT2D eigenvalue weighted by Crippen LogP contribution is 2.38. The first-order valence-corrected chi connectivity index (χ1v) is 15.5. The van der Waals surface area contributed by atoms with E-state index in [0.717, 1.165) is 11.1 Å². The van der Waals surface area contributed by atoms with Gasteiger partial charge in [0.2, 0.25) is 0 Å². The van der Waals surface area contributed by atoms with Gasteiger partial charge in [0.15, 0.2) is 16.3 Å². The summed E-state index contributed by atoms with van der Waals surface area (Å²) in [6.07, 6.45) is 1.77. The van der Waals surface area contributed by atoms with Crippen molar-refractivity contribution in [1.29, 1.82) is 0 Å². The quantitative estimate of drug-likeness (QED) is 0.200. The molecule has 1 atom stereocenters. The lowest BCUT2D eigenvalue weighted by molar-refractivity contribution is -0.139. The molecular weight excluding hydrogens is 616 g/mol. The maximum absolute atomic E-state index is 14.1. The van der Waals surface area contributed by atoms with Gasteiger partial charge in [0.25, 0.3) is 5.56 Å². The number of hydrogen-bond donors (Lipinski definition) is 0. The van der Waals surface area contributed by atoms with Crippen LogP contribution in [0.1, 0.15) is 43.5 Å². The first kappa shape index (κ1) is 31.9. The first-order valence-electron chi connectivity index (χ1n) is 14.3. The summed E-state index contributed by atoms with van der Waals surface area (Å²) in [6.45, 7) is 6.23. The van der Waals surface area contributed by atoms with Crippen molar-refractivity contribution in [3.63, 3.8) is 0 Å². The second-order valence-corrected chi connectivity index (χ2v) is 11.3. The van der Waals surface area contributed by atoms with Crippen molar-refractivity contribution < 1.29 is 28.5 Å². The normalized spacial score (nSPS) is 14.4. The fraction of sp³-hybridized carbons (Fsp3) is 0.265. The summed E-state index contributed by atoms with van der Waals surface area (Å²) < 4.78 is 30.3. The number of hydrogen-bond acceptors (Lipinski definition) is 9. The van der Waals surface area contributed by atoms with Crippen molar-refractivity contribution in [2.45, 2.75) is 33.4 Å². The Bertz CT molecular complexity index is 1950. The number of ether oxygens (including phenoxy) is 5. The van der Waals surface area contributed by atoms with Gasteiger partial charge in [-0.05, 0) is 62.7 Å². The lowest BCUT2D eigenvalue weighted by Crippen LogP contribution is -2.40. The standard InChI is InChI=1S/C34H33ClN2O7S/c1-6-42-28-16-21(12-15-26(28)44-19-22-10-8-9-11-25(22)35)17-29-32(38)37-31(24-14-13-23(40-4)18-27(24)41-5)30(33(39)43-7-2)20(3)36-34(37)45-29/h8-18,31H,6-7,19H2,1-5H3/b29-17-/t31-/m1/s1. The Morgan fingerprint density at radius 3 is 2.49 bits per heavy atom. The van der Waals surface area contributed by atoms with Crippen molar-refractivity contribution in [3.05, 3.63) is 113 Å². The minimum absolute atomic E-state index is 0.173. The highest BCUT2D eigenvalue weighted by atomic mass is 35.5. The van der Waals surface area contributed by atoms with E-state index in [0.29, 0.717) is 55.2 Å². The van der Waals surface area contributed by atoms with Crippen LogP contribution in [-0.2, 0) is 16.1 Å². The molecule has 5 rings (SSSR count). The van der Waals surface area contributed by atoms with Gasteiger partial charge in [-0.15, -0.1) is 0 Å². The highest BCUT2D eigenvalue weighted by Gasteiger charge is 2.35. The molecule has 9 nitrogen and oxygen atoms in total. The maximum Gasteiger partial charge on any atom is 0.338 e. The van der Waals surface area contributed by atoms with Crippen LogP contribution in [0.2, 0.25) is 5.02 Å². The summed E-state index contributed by atoms with van der Waals surface area (Å²) >= 11 is 7.53. The van der Waals surface area contributed by atoms with Gasteiger partial charge < -0.3 is 23.7 Å². The molecule has 3 aromatic carbocycles. The van der Waals surface area contributed by atoms with Crippen LogP contribution >= 0.6 is 22.9 Å². The van der Waals surface area contributed by atoms with E-state index in [1.807, 2.05) is 43.3 Å². The van der Waals surface area contributed by atoms with E-state index in [4.69, 9.17) is 35.3 Å². The number of fused-ring (bicyclic) bond motifs is 1. The molecule has 4 aromatic rings. The van der Waals surface area contributed by atoms with Gasteiger partial charge in [0.1, 0.15) is 24.1 Å². The minimum atomic E-state index is -0.831. The van der Waals surface area contributed by atoms with E-state index >= 15 is 0 Å². The number of esters is 1. The van der Waals surface area contributed by atoms with Gasteiger partial charge in [0.05, 0.1) is 43.2 Å². The predicted octanol–water partition coefficient (Wildman–Crippen LogP) is 5.45. The van der Waals surface area contributed by atoms with Gasteiger partial charge in [-0.2, -0.15) is 0 Å². The molecule has 0 saturated carbocycles. The van der Waals surface area contributed by atoms with Crippen LogP contribution in [0.4, 0.5) is 0 Å². The largest absolute Gasteiger partial charge is 0.497 e. The first-order chi connectivity index (χ1) is 21.8. The second-order valence-electron chi connectivity index (χ2n) is 9.93. The minimum Gasteiger partial charge on any atom is -0.497 e. The molecule has 0 amide bonds. The van der Waals surface area contributed by atoms with Crippen molar-refractivity contribution in [1.82, 2.24) is 4.57 Å². The van der Waals surface area contributed by atoms with E-state index in [9.17, 15) is 9.59 Å². The van der Waals surface area contributed by atoms with E-state index in [1.165, 1.54) is 23.0 Å². The molecule has 1 aliphatic rings. The van der Waals surface area contributed by atoms with Gasteiger partial charge in [-0.3, -0.25) is 9.36 Å². The molecule has 0 spiro atoms. The zero-order valence-electron chi connectivity index (χ0n) is 25.6. The fourth-order valence-electron chi connectivity index (χ4n) is 5.05. The molecule has 0 unspecified atom stereocenters. The second kappa shape index (κ2) is 14.0. The number of carbonyl (C=O) groups is 1. The van der Waals surface area contributed by atoms with Gasteiger partial charge in [-0.25, -0.2) is 9.79 Å². The lowest BCUT2D eigenvalue weighted by atomic mass is 9.95. The fourth-order valence-corrected chi connectivity index (χ4v) is 6.29. The third-order valence-corrected chi connectivity index (χ3v) is 8.51. The molecule has 0 aliphatic carbocycles. The Kier molecular flexibility index (Phi) is 9.95. The maximum atomic E-state index is 14.1. The lowest BCUT2D eigenvalue weighted by Gasteiger charge is -2.26. The Morgan fingerprint density at radius 2 is 1.78 bits per heavy atom. The summed E-state index contributed by atoms with van der Waals surface area (Å²) in [7, 11) is 3.08. The van der Waals surface area contributed by atoms with Crippen LogP contribution in [0.25, 0.3) is 6.08 Å². The number of halogens is 1. The average molecular weight is 649 g/mol. The molecule has 2 heterocycles. The number of allylic oxidation sites excluding steroid dienone is 1. The number of nitrogens with zero attached hydrogens (tertiary/aromatic N) is 2. The number of benzene rings is 3. The number of aromatic nitrogens is 1.